The lowest BCUT2D eigenvalue weighted by atomic mass is 9.77. The van der Waals surface area contributed by atoms with Crippen LogP contribution in [0.5, 0.6) is 11.5 Å². The first-order valence-corrected chi connectivity index (χ1v) is 11.1. The molecule has 9 heteroatoms. The van der Waals surface area contributed by atoms with Gasteiger partial charge in [0, 0.05) is 50.2 Å². The Morgan fingerprint density at radius 3 is 2.56 bits per heavy atom. The molecule has 1 amide bonds. The number of aromatic nitrogens is 2. The summed E-state index contributed by atoms with van der Waals surface area (Å²) in [4.78, 5) is 17.3. The summed E-state index contributed by atoms with van der Waals surface area (Å²) in [5.41, 5.74) is 0.617. The van der Waals surface area contributed by atoms with Crippen molar-refractivity contribution < 1.29 is 23.4 Å². The van der Waals surface area contributed by atoms with E-state index >= 15 is 0 Å². The molecule has 0 N–H and O–H groups in total. The van der Waals surface area contributed by atoms with Crippen LogP contribution in [0, 0.1) is 5.41 Å². The van der Waals surface area contributed by atoms with E-state index in [1.807, 2.05) is 4.90 Å². The van der Waals surface area contributed by atoms with Crippen LogP contribution in [0.15, 0.2) is 22.6 Å². The SMILES string of the molecule is COc1ccc(C(=O)N2CC3(CC(c4nnc(C5CCOCC5)o4)N(C)C3)C2)c(OC)c1. The summed E-state index contributed by atoms with van der Waals surface area (Å²) < 4.78 is 22.2. The zero-order chi connectivity index (χ0) is 22.3. The van der Waals surface area contributed by atoms with Gasteiger partial charge in [0.1, 0.15) is 11.5 Å². The Balaban J connectivity index is 1.24. The van der Waals surface area contributed by atoms with Crippen molar-refractivity contribution in [2.24, 2.45) is 5.41 Å². The van der Waals surface area contributed by atoms with Gasteiger partial charge in [0.25, 0.3) is 5.91 Å². The molecule has 0 aliphatic carbocycles. The van der Waals surface area contributed by atoms with Gasteiger partial charge in [-0.1, -0.05) is 0 Å². The summed E-state index contributed by atoms with van der Waals surface area (Å²) in [7, 11) is 5.26. The molecule has 1 aromatic carbocycles. The van der Waals surface area contributed by atoms with Crippen molar-refractivity contribution in [3.05, 3.63) is 35.5 Å². The second-order valence-electron chi connectivity index (χ2n) is 9.23. The first-order valence-electron chi connectivity index (χ1n) is 11.1. The molecular formula is C23H30N4O5. The summed E-state index contributed by atoms with van der Waals surface area (Å²) in [6.45, 7) is 3.82. The van der Waals surface area contributed by atoms with Gasteiger partial charge in [-0.05, 0) is 38.4 Å². The van der Waals surface area contributed by atoms with Crippen LogP contribution in [-0.4, -0.2) is 80.0 Å². The first-order chi connectivity index (χ1) is 15.5. The third-order valence-electron chi connectivity index (χ3n) is 7.03. The third kappa shape index (κ3) is 3.73. The average molecular weight is 443 g/mol. The standard InChI is InChI=1S/C23H30N4O5/c1-26-12-23(11-18(26)21-25-24-20(32-21)15-6-8-31-9-7-15)13-27(14-23)22(28)17-5-4-16(29-2)10-19(17)30-3/h4-5,10,15,18H,6-9,11-14H2,1-3H3. The van der Waals surface area contributed by atoms with Crippen molar-refractivity contribution in [2.75, 3.05) is 54.1 Å². The average Bonchev–Trinajstić information content (AvgIpc) is 3.42. The van der Waals surface area contributed by atoms with Gasteiger partial charge < -0.3 is 23.5 Å². The van der Waals surface area contributed by atoms with Crippen LogP contribution < -0.4 is 9.47 Å². The highest BCUT2D eigenvalue weighted by atomic mass is 16.5. The Labute approximate surface area is 187 Å². The molecule has 0 saturated carbocycles. The van der Waals surface area contributed by atoms with Gasteiger partial charge in [-0.15, -0.1) is 10.2 Å². The Morgan fingerprint density at radius 2 is 1.84 bits per heavy atom. The number of methoxy groups -OCH3 is 2. The topological polar surface area (TPSA) is 90.2 Å². The molecule has 3 saturated heterocycles. The largest absolute Gasteiger partial charge is 0.497 e. The lowest BCUT2D eigenvalue weighted by molar-refractivity contribution is 0.0112. The van der Waals surface area contributed by atoms with Crippen LogP contribution in [0.2, 0.25) is 0 Å². The van der Waals surface area contributed by atoms with Gasteiger partial charge in [-0.25, -0.2) is 0 Å². The second kappa shape index (κ2) is 8.37. The van der Waals surface area contributed by atoms with Gasteiger partial charge in [-0.2, -0.15) is 0 Å². The van der Waals surface area contributed by atoms with Crippen LogP contribution in [0.4, 0.5) is 0 Å². The van der Waals surface area contributed by atoms with Crippen molar-refractivity contribution in [3.8, 4) is 11.5 Å². The number of hydrogen-bond donors (Lipinski definition) is 0. The monoisotopic (exact) mass is 442 g/mol. The lowest BCUT2D eigenvalue weighted by Gasteiger charge is -2.48. The fourth-order valence-electron chi connectivity index (χ4n) is 5.32. The number of carbonyl (C=O) groups is 1. The molecule has 1 aromatic heterocycles. The Kier molecular flexibility index (Phi) is 5.54. The molecular weight excluding hydrogens is 412 g/mol. The Bertz CT molecular complexity index is 981. The third-order valence-corrected chi connectivity index (χ3v) is 7.03. The van der Waals surface area contributed by atoms with Crippen LogP contribution in [0.3, 0.4) is 0 Å². The molecule has 3 aliphatic rings. The van der Waals surface area contributed by atoms with Crippen molar-refractivity contribution >= 4 is 5.91 Å². The van der Waals surface area contributed by atoms with E-state index in [1.54, 1.807) is 32.4 Å². The molecule has 172 valence electrons. The molecule has 0 bridgehead atoms. The van der Waals surface area contributed by atoms with E-state index in [0.717, 1.165) is 44.9 Å². The number of likely N-dealkylation sites (tertiary alicyclic amines) is 2. The lowest BCUT2D eigenvalue weighted by Crippen LogP contribution is -2.59. The predicted octanol–water partition coefficient (Wildman–Crippen LogP) is 2.50. The van der Waals surface area contributed by atoms with Crippen molar-refractivity contribution in [2.45, 2.75) is 31.2 Å². The van der Waals surface area contributed by atoms with Crippen molar-refractivity contribution in [1.82, 2.24) is 20.0 Å². The zero-order valence-electron chi connectivity index (χ0n) is 18.9. The molecule has 2 aromatic rings. The van der Waals surface area contributed by atoms with E-state index in [2.05, 4.69) is 22.1 Å². The number of carbonyl (C=O) groups excluding carboxylic acids is 1. The smallest absolute Gasteiger partial charge is 0.257 e. The quantitative estimate of drug-likeness (QED) is 0.698. The molecule has 0 radical (unpaired) electrons. The van der Waals surface area contributed by atoms with Crippen molar-refractivity contribution in [3.63, 3.8) is 0 Å². The molecule has 1 atom stereocenters. The normalized spacial score (nSPS) is 23.3. The number of ether oxygens (including phenoxy) is 3. The summed E-state index contributed by atoms with van der Waals surface area (Å²) in [6.07, 6.45) is 2.76. The highest BCUT2D eigenvalue weighted by Crippen LogP contribution is 2.48. The Morgan fingerprint density at radius 1 is 1.09 bits per heavy atom. The maximum atomic E-state index is 13.1. The van der Waals surface area contributed by atoms with E-state index < -0.39 is 0 Å². The predicted molar refractivity (Wildman–Crippen MR) is 115 cm³/mol. The van der Waals surface area contributed by atoms with Gasteiger partial charge >= 0.3 is 0 Å². The number of benzene rings is 1. The van der Waals surface area contributed by atoms with E-state index in [4.69, 9.17) is 18.6 Å². The maximum absolute atomic E-state index is 13.1. The first kappa shape index (κ1) is 21.2. The minimum atomic E-state index is -0.0131. The van der Waals surface area contributed by atoms with Crippen LogP contribution >= 0.6 is 0 Å². The van der Waals surface area contributed by atoms with Gasteiger partial charge in [0.05, 0.1) is 25.8 Å². The molecule has 1 unspecified atom stereocenters. The molecule has 9 nitrogen and oxygen atoms in total. The zero-order valence-corrected chi connectivity index (χ0v) is 18.9. The summed E-state index contributed by atoms with van der Waals surface area (Å²) in [5.74, 6) is 2.89. The molecule has 5 rings (SSSR count). The highest BCUT2D eigenvalue weighted by molar-refractivity contribution is 5.97. The number of hydrogen-bond acceptors (Lipinski definition) is 8. The number of nitrogens with zero attached hydrogens (tertiary/aromatic N) is 4. The van der Waals surface area contributed by atoms with E-state index in [0.29, 0.717) is 42.0 Å². The maximum Gasteiger partial charge on any atom is 0.257 e. The van der Waals surface area contributed by atoms with Gasteiger partial charge in [0.2, 0.25) is 11.8 Å². The van der Waals surface area contributed by atoms with E-state index in [1.165, 1.54) is 0 Å². The molecule has 3 aliphatic heterocycles. The van der Waals surface area contributed by atoms with E-state index in [-0.39, 0.29) is 17.4 Å². The minimum Gasteiger partial charge on any atom is -0.497 e. The van der Waals surface area contributed by atoms with Crippen LogP contribution in [0.1, 0.15) is 53.4 Å². The van der Waals surface area contributed by atoms with Gasteiger partial charge in [0.15, 0.2) is 0 Å². The minimum absolute atomic E-state index is 0.0131. The highest BCUT2D eigenvalue weighted by Gasteiger charge is 2.53. The number of amides is 1. The van der Waals surface area contributed by atoms with Gasteiger partial charge in [-0.3, -0.25) is 9.69 Å². The molecule has 4 heterocycles. The summed E-state index contributed by atoms with van der Waals surface area (Å²) in [5, 5.41) is 8.72. The molecule has 1 spiro atoms. The summed E-state index contributed by atoms with van der Waals surface area (Å²) in [6, 6.07) is 5.39. The van der Waals surface area contributed by atoms with Crippen LogP contribution in [-0.2, 0) is 4.74 Å². The Hall–Kier alpha value is -2.65. The number of rotatable bonds is 5. The van der Waals surface area contributed by atoms with Crippen LogP contribution in [0.25, 0.3) is 0 Å². The summed E-state index contributed by atoms with van der Waals surface area (Å²) >= 11 is 0. The molecule has 3 fully saturated rings. The van der Waals surface area contributed by atoms with Crippen molar-refractivity contribution in [1.29, 1.82) is 0 Å². The van der Waals surface area contributed by atoms with E-state index in [9.17, 15) is 4.79 Å². The fraction of sp³-hybridized carbons (Fsp3) is 0.609. The molecule has 32 heavy (non-hydrogen) atoms. The second-order valence-corrected chi connectivity index (χ2v) is 9.23. The fourth-order valence-corrected chi connectivity index (χ4v) is 5.32.